The normalized spacial score (nSPS) is 11.9. The quantitative estimate of drug-likeness (QED) is 0.855. The highest BCUT2D eigenvalue weighted by atomic mass is 32.1. The SMILES string of the molecule is C[C@@H](OC(=O)Cc1csc(-c2cccc(F)c2)n1)C(N)=O. The summed E-state index contributed by atoms with van der Waals surface area (Å²) in [5.74, 6) is -1.64. The minimum absolute atomic E-state index is 0.0660. The molecule has 5 nitrogen and oxygen atoms in total. The molecule has 7 heteroatoms. The molecular weight excluding hydrogens is 295 g/mol. The van der Waals surface area contributed by atoms with Gasteiger partial charge in [-0.1, -0.05) is 12.1 Å². The zero-order chi connectivity index (χ0) is 15.4. The van der Waals surface area contributed by atoms with Gasteiger partial charge in [0.1, 0.15) is 10.8 Å². The smallest absolute Gasteiger partial charge is 0.312 e. The third kappa shape index (κ3) is 4.09. The predicted octanol–water partition coefficient (Wildman–Crippen LogP) is 1.91. The van der Waals surface area contributed by atoms with Gasteiger partial charge in [-0.25, -0.2) is 9.37 Å². The number of ether oxygens (including phenoxy) is 1. The van der Waals surface area contributed by atoms with Gasteiger partial charge in [0, 0.05) is 10.9 Å². The summed E-state index contributed by atoms with van der Waals surface area (Å²) in [6.45, 7) is 1.40. The Labute approximate surface area is 124 Å². The van der Waals surface area contributed by atoms with Crippen LogP contribution >= 0.6 is 11.3 Å². The Hall–Kier alpha value is -2.28. The number of thiazole rings is 1. The molecular formula is C14H13FN2O3S. The third-order valence-electron chi connectivity index (χ3n) is 2.66. The number of hydrogen-bond donors (Lipinski definition) is 1. The number of primary amides is 1. The van der Waals surface area contributed by atoms with Gasteiger partial charge in [0.15, 0.2) is 6.10 Å². The number of amides is 1. The number of carbonyl (C=O) groups excluding carboxylic acids is 2. The predicted molar refractivity (Wildman–Crippen MR) is 76.0 cm³/mol. The van der Waals surface area contributed by atoms with Crippen LogP contribution < -0.4 is 5.73 Å². The standard InChI is InChI=1S/C14H13FN2O3S/c1-8(13(16)19)20-12(18)6-11-7-21-14(17-11)9-3-2-4-10(15)5-9/h2-5,7-8H,6H2,1H3,(H2,16,19)/t8-/m1/s1. The molecule has 2 rings (SSSR count). The number of carbonyl (C=O) groups is 2. The van der Waals surface area contributed by atoms with Crippen molar-refractivity contribution in [2.45, 2.75) is 19.4 Å². The monoisotopic (exact) mass is 308 g/mol. The lowest BCUT2D eigenvalue weighted by Crippen LogP contribution is -2.30. The number of nitrogens with two attached hydrogens (primary N) is 1. The van der Waals surface area contributed by atoms with E-state index in [1.54, 1.807) is 17.5 Å². The van der Waals surface area contributed by atoms with E-state index in [1.165, 1.54) is 30.4 Å². The molecule has 0 aliphatic heterocycles. The van der Waals surface area contributed by atoms with E-state index in [4.69, 9.17) is 10.5 Å². The van der Waals surface area contributed by atoms with E-state index in [2.05, 4.69) is 4.98 Å². The zero-order valence-corrected chi connectivity index (χ0v) is 12.0. The first-order valence-corrected chi connectivity index (χ1v) is 7.03. The number of rotatable bonds is 5. The first-order valence-electron chi connectivity index (χ1n) is 6.15. The van der Waals surface area contributed by atoms with E-state index < -0.39 is 18.0 Å². The second-order valence-electron chi connectivity index (χ2n) is 4.37. The molecule has 2 aromatic rings. The topological polar surface area (TPSA) is 82.3 Å². The van der Waals surface area contributed by atoms with Gasteiger partial charge in [0.25, 0.3) is 5.91 Å². The van der Waals surface area contributed by atoms with Gasteiger partial charge in [0.05, 0.1) is 12.1 Å². The highest BCUT2D eigenvalue weighted by molar-refractivity contribution is 7.13. The van der Waals surface area contributed by atoms with Crippen molar-refractivity contribution in [1.29, 1.82) is 0 Å². The minimum Gasteiger partial charge on any atom is -0.452 e. The minimum atomic E-state index is -0.973. The van der Waals surface area contributed by atoms with Crippen molar-refractivity contribution in [2.24, 2.45) is 5.73 Å². The second-order valence-corrected chi connectivity index (χ2v) is 5.22. The molecule has 0 radical (unpaired) electrons. The molecule has 0 aliphatic carbocycles. The van der Waals surface area contributed by atoms with Crippen molar-refractivity contribution in [3.63, 3.8) is 0 Å². The Bertz CT molecular complexity index is 672. The maximum atomic E-state index is 13.1. The molecule has 0 saturated carbocycles. The molecule has 0 unspecified atom stereocenters. The van der Waals surface area contributed by atoms with Crippen LogP contribution in [0.3, 0.4) is 0 Å². The van der Waals surface area contributed by atoms with Crippen LogP contribution in [0.5, 0.6) is 0 Å². The van der Waals surface area contributed by atoms with Crippen LogP contribution in [-0.2, 0) is 20.7 Å². The van der Waals surface area contributed by atoms with E-state index >= 15 is 0 Å². The number of aromatic nitrogens is 1. The van der Waals surface area contributed by atoms with Crippen LogP contribution in [0.1, 0.15) is 12.6 Å². The van der Waals surface area contributed by atoms with Gasteiger partial charge in [-0.3, -0.25) is 9.59 Å². The molecule has 0 saturated heterocycles. The van der Waals surface area contributed by atoms with E-state index in [0.717, 1.165) is 0 Å². The summed E-state index contributed by atoms with van der Waals surface area (Å²) in [7, 11) is 0. The van der Waals surface area contributed by atoms with Gasteiger partial charge < -0.3 is 10.5 Å². The van der Waals surface area contributed by atoms with Crippen LogP contribution in [0.25, 0.3) is 10.6 Å². The summed E-state index contributed by atoms with van der Waals surface area (Å²) >= 11 is 1.30. The Morgan fingerprint density at radius 1 is 1.48 bits per heavy atom. The Morgan fingerprint density at radius 3 is 2.90 bits per heavy atom. The number of halogens is 1. The molecule has 0 aliphatic rings. The maximum absolute atomic E-state index is 13.1. The molecule has 2 N–H and O–H groups in total. The highest BCUT2D eigenvalue weighted by Crippen LogP contribution is 2.24. The molecule has 1 heterocycles. The summed E-state index contributed by atoms with van der Waals surface area (Å²) in [5.41, 5.74) is 6.15. The molecule has 0 fully saturated rings. The number of benzene rings is 1. The van der Waals surface area contributed by atoms with Gasteiger partial charge >= 0.3 is 5.97 Å². The fraction of sp³-hybridized carbons (Fsp3) is 0.214. The van der Waals surface area contributed by atoms with E-state index in [9.17, 15) is 14.0 Å². The van der Waals surface area contributed by atoms with Gasteiger partial charge in [-0.15, -0.1) is 11.3 Å². The summed E-state index contributed by atoms with van der Waals surface area (Å²) in [6.07, 6.45) is -1.04. The van der Waals surface area contributed by atoms with Gasteiger partial charge in [-0.2, -0.15) is 0 Å². The van der Waals surface area contributed by atoms with Crippen LogP contribution in [0.15, 0.2) is 29.6 Å². The van der Waals surface area contributed by atoms with E-state index in [0.29, 0.717) is 16.3 Å². The number of hydrogen-bond acceptors (Lipinski definition) is 5. The number of esters is 1. The van der Waals surface area contributed by atoms with Crippen molar-refractivity contribution >= 4 is 23.2 Å². The molecule has 1 atom stereocenters. The van der Waals surface area contributed by atoms with Gasteiger partial charge in [0.2, 0.25) is 0 Å². The Balaban J connectivity index is 2.03. The second kappa shape index (κ2) is 6.45. The summed E-state index contributed by atoms with van der Waals surface area (Å²) in [6, 6.07) is 6.05. The van der Waals surface area contributed by atoms with Crippen LogP contribution in [0, 0.1) is 5.82 Å². The van der Waals surface area contributed by atoms with Crippen LogP contribution in [0.2, 0.25) is 0 Å². The highest BCUT2D eigenvalue weighted by Gasteiger charge is 2.16. The summed E-state index contributed by atoms with van der Waals surface area (Å²) < 4.78 is 18.0. The van der Waals surface area contributed by atoms with E-state index in [-0.39, 0.29) is 12.2 Å². The Morgan fingerprint density at radius 2 is 2.24 bits per heavy atom. The van der Waals surface area contributed by atoms with Crippen molar-refractivity contribution in [3.05, 3.63) is 41.2 Å². The largest absolute Gasteiger partial charge is 0.452 e. The van der Waals surface area contributed by atoms with Crippen molar-refractivity contribution < 1.29 is 18.7 Å². The zero-order valence-electron chi connectivity index (χ0n) is 11.2. The van der Waals surface area contributed by atoms with E-state index in [1.807, 2.05) is 0 Å². The fourth-order valence-electron chi connectivity index (χ4n) is 1.59. The van der Waals surface area contributed by atoms with Crippen molar-refractivity contribution in [3.8, 4) is 10.6 Å². The molecule has 1 amide bonds. The molecule has 0 spiro atoms. The lowest BCUT2D eigenvalue weighted by molar-refractivity contribution is -0.153. The van der Waals surface area contributed by atoms with Crippen molar-refractivity contribution in [2.75, 3.05) is 0 Å². The maximum Gasteiger partial charge on any atom is 0.312 e. The van der Waals surface area contributed by atoms with Crippen molar-refractivity contribution in [1.82, 2.24) is 4.98 Å². The lowest BCUT2D eigenvalue weighted by atomic mass is 10.2. The first-order chi connectivity index (χ1) is 9.95. The molecule has 1 aromatic heterocycles. The molecule has 21 heavy (non-hydrogen) atoms. The summed E-state index contributed by atoms with van der Waals surface area (Å²) in [4.78, 5) is 26.7. The molecule has 1 aromatic carbocycles. The number of nitrogens with zero attached hydrogens (tertiary/aromatic N) is 1. The Kier molecular flexibility index (Phi) is 4.64. The molecule has 110 valence electrons. The first kappa shape index (κ1) is 15.1. The van der Waals surface area contributed by atoms with Gasteiger partial charge in [-0.05, 0) is 19.1 Å². The third-order valence-corrected chi connectivity index (χ3v) is 3.60. The average molecular weight is 308 g/mol. The van der Waals surface area contributed by atoms with Crippen LogP contribution in [0.4, 0.5) is 4.39 Å². The molecule has 0 bridgehead atoms. The average Bonchev–Trinajstić information content (AvgIpc) is 2.86. The lowest BCUT2D eigenvalue weighted by Gasteiger charge is -2.08. The van der Waals surface area contributed by atoms with Crippen LogP contribution in [-0.4, -0.2) is 23.0 Å². The fourth-order valence-corrected chi connectivity index (χ4v) is 2.40. The summed E-state index contributed by atoms with van der Waals surface area (Å²) in [5, 5.41) is 2.30.